The second-order valence-electron chi connectivity index (χ2n) is 6.98. The van der Waals surface area contributed by atoms with E-state index < -0.39 is 0 Å². The standard InChI is InChI=1S/C21H21N5O2S/c1-11-16-12(2)22-14(4)23-20(16)29-18(11)19(27)24-17-13(3)25(5)26(21(17)28)15-9-7-6-8-10-15/h6-10H,1-5H3,(H,24,27). The fraction of sp³-hybridized carbons (Fsp3) is 0.238. The molecule has 7 nitrogen and oxygen atoms in total. The van der Waals surface area contributed by atoms with Gasteiger partial charge < -0.3 is 5.32 Å². The van der Waals surface area contributed by atoms with E-state index in [9.17, 15) is 9.59 Å². The van der Waals surface area contributed by atoms with Crippen molar-refractivity contribution >= 4 is 33.1 Å². The molecule has 0 saturated carbocycles. The molecule has 0 radical (unpaired) electrons. The predicted molar refractivity (Wildman–Crippen MR) is 115 cm³/mol. The molecule has 1 aromatic carbocycles. The Morgan fingerprint density at radius 2 is 1.76 bits per heavy atom. The van der Waals surface area contributed by atoms with Gasteiger partial charge in [0.2, 0.25) is 0 Å². The van der Waals surface area contributed by atoms with Gasteiger partial charge in [-0.2, -0.15) is 0 Å². The highest BCUT2D eigenvalue weighted by atomic mass is 32.1. The zero-order chi connectivity index (χ0) is 20.9. The van der Waals surface area contributed by atoms with Gasteiger partial charge in [0.05, 0.1) is 16.3 Å². The topological polar surface area (TPSA) is 81.8 Å². The Morgan fingerprint density at radius 3 is 2.45 bits per heavy atom. The number of anilines is 1. The van der Waals surface area contributed by atoms with Crippen molar-refractivity contribution in [3.05, 3.63) is 68.3 Å². The van der Waals surface area contributed by atoms with Crippen LogP contribution < -0.4 is 10.9 Å². The molecule has 0 aliphatic carbocycles. The van der Waals surface area contributed by atoms with Crippen LogP contribution in [0.25, 0.3) is 15.9 Å². The van der Waals surface area contributed by atoms with Crippen LogP contribution in [-0.4, -0.2) is 25.2 Å². The van der Waals surface area contributed by atoms with Gasteiger partial charge in [-0.25, -0.2) is 14.6 Å². The minimum atomic E-state index is -0.312. The lowest BCUT2D eigenvalue weighted by atomic mass is 10.1. The van der Waals surface area contributed by atoms with Crippen LogP contribution in [0.4, 0.5) is 5.69 Å². The van der Waals surface area contributed by atoms with E-state index >= 15 is 0 Å². The fourth-order valence-electron chi connectivity index (χ4n) is 3.57. The number of hydrogen-bond acceptors (Lipinski definition) is 5. The number of amides is 1. The molecule has 0 saturated heterocycles. The zero-order valence-electron chi connectivity index (χ0n) is 16.9. The van der Waals surface area contributed by atoms with E-state index in [2.05, 4.69) is 15.3 Å². The molecule has 0 atom stereocenters. The first-order chi connectivity index (χ1) is 13.8. The van der Waals surface area contributed by atoms with Gasteiger partial charge in [-0.15, -0.1) is 11.3 Å². The first-order valence-corrected chi connectivity index (χ1v) is 10.0. The largest absolute Gasteiger partial charge is 0.315 e. The van der Waals surface area contributed by atoms with Crippen LogP contribution in [-0.2, 0) is 7.05 Å². The summed E-state index contributed by atoms with van der Waals surface area (Å²) in [5.41, 5.74) is 3.10. The molecular formula is C21H21N5O2S. The molecule has 4 rings (SSSR count). The molecule has 0 spiro atoms. The van der Waals surface area contributed by atoms with Gasteiger partial charge in [0.25, 0.3) is 11.5 Å². The molecule has 0 aliphatic heterocycles. The van der Waals surface area contributed by atoms with E-state index in [-0.39, 0.29) is 17.2 Å². The number of nitrogens with one attached hydrogen (secondary N) is 1. The molecular weight excluding hydrogens is 386 g/mol. The van der Waals surface area contributed by atoms with Gasteiger partial charge in [-0.3, -0.25) is 14.3 Å². The van der Waals surface area contributed by atoms with Crippen molar-refractivity contribution in [3.8, 4) is 5.69 Å². The second-order valence-corrected chi connectivity index (χ2v) is 7.98. The average Bonchev–Trinajstić information content (AvgIpc) is 3.12. The summed E-state index contributed by atoms with van der Waals surface area (Å²) in [6, 6.07) is 9.34. The third-order valence-corrected chi connectivity index (χ3v) is 6.27. The van der Waals surface area contributed by atoms with Crippen molar-refractivity contribution in [1.82, 2.24) is 19.3 Å². The Hall–Kier alpha value is -3.26. The SMILES string of the molecule is Cc1nc(C)c2c(C)c(C(=O)Nc3c(C)n(C)n(-c4ccccc4)c3=O)sc2n1. The van der Waals surface area contributed by atoms with E-state index in [1.54, 1.807) is 16.4 Å². The van der Waals surface area contributed by atoms with Crippen LogP contribution in [0.2, 0.25) is 0 Å². The van der Waals surface area contributed by atoms with Crippen molar-refractivity contribution in [3.63, 3.8) is 0 Å². The molecule has 29 heavy (non-hydrogen) atoms. The Labute approximate surface area is 171 Å². The van der Waals surface area contributed by atoms with Gasteiger partial charge in [-0.1, -0.05) is 18.2 Å². The summed E-state index contributed by atoms with van der Waals surface area (Å²) >= 11 is 1.32. The zero-order valence-corrected chi connectivity index (χ0v) is 17.7. The van der Waals surface area contributed by atoms with Crippen molar-refractivity contribution in [2.45, 2.75) is 27.7 Å². The van der Waals surface area contributed by atoms with Crippen molar-refractivity contribution in [2.24, 2.45) is 7.05 Å². The molecule has 3 heterocycles. The molecule has 148 valence electrons. The highest BCUT2D eigenvalue weighted by molar-refractivity contribution is 7.20. The summed E-state index contributed by atoms with van der Waals surface area (Å²) in [6.45, 7) is 7.45. The van der Waals surface area contributed by atoms with E-state index in [0.29, 0.717) is 16.4 Å². The number of nitrogens with zero attached hydrogens (tertiary/aromatic N) is 4. The highest BCUT2D eigenvalue weighted by Gasteiger charge is 2.23. The van der Waals surface area contributed by atoms with Gasteiger partial charge in [-0.05, 0) is 45.4 Å². The Balaban J connectivity index is 1.77. The van der Waals surface area contributed by atoms with E-state index in [1.807, 2.05) is 58.0 Å². The number of fused-ring (bicyclic) bond motifs is 1. The molecule has 0 aliphatic rings. The van der Waals surface area contributed by atoms with Crippen LogP contribution in [0.3, 0.4) is 0 Å². The molecule has 8 heteroatoms. The van der Waals surface area contributed by atoms with E-state index in [1.165, 1.54) is 11.3 Å². The normalized spacial score (nSPS) is 11.2. The lowest BCUT2D eigenvalue weighted by molar-refractivity contribution is 0.103. The number of thiophene rings is 1. The smallest absolute Gasteiger partial charge is 0.295 e. The number of carbonyl (C=O) groups excluding carboxylic acids is 1. The van der Waals surface area contributed by atoms with E-state index in [0.717, 1.165) is 27.2 Å². The maximum absolute atomic E-state index is 13.1. The fourth-order valence-corrected chi connectivity index (χ4v) is 4.75. The van der Waals surface area contributed by atoms with Gasteiger partial charge in [0.15, 0.2) is 0 Å². The summed E-state index contributed by atoms with van der Waals surface area (Å²) in [5.74, 6) is 0.362. The summed E-state index contributed by atoms with van der Waals surface area (Å²) in [7, 11) is 1.80. The number of benzene rings is 1. The summed E-state index contributed by atoms with van der Waals surface area (Å²) in [5, 5.41) is 3.73. The number of rotatable bonds is 3. The van der Waals surface area contributed by atoms with Crippen LogP contribution in [0, 0.1) is 27.7 Å². The number of hydrogen-bond donors (Lipinski definition) is 1. The maximum Gasteiger partial charge on any atom is 0.295 e. The van der Waals surface area contributed by atoms with Gasteiger partial charge in [0.1, 0.15) is 16.3 Å². The summed E-state index contributed by atoms with van der Waals surface area (Å²) in [4.78, 5) is 36.3. The molecule has 1 N–H and O–H groups in total. The summed E-state index contributed by atoms with van der Waals surface area (Å²) in [6.07, 6.45) is 0. The minimum absolute atomic E-state index is 0.268. The van der Waals surface area contributed by atoms with Crippen molar-refractivity contribution < 1.29 is 4.79 Å². The first-order valence-electron chi connectivity index (χ1n) is 9.19. The number of aromatic nitrogens is 4. The van der Waals surface area contributed by atoms with Crippen LogP contribution in [0.5, 0.6) is 0 Å². The maximum atomic E-state index is 13.1. The molecule has 4 aromatic rings. The third-order valence-electron chi connectivity index (χ3n) is 5.08. The molecule has 3 aromatic heterocycles. The number of para-hydroxylation sites is 1. The van der Waals surface area contributed by atoms with Gasteiger partial charge in [0, 0.05) is 18.1 Å². The Bertz CT molecular complexity index is 1310. The minimum Gasteiger partial charge on any atom is -0.315 e. The van der Waals surface area contributed by atoms with E-state index in [4.69, 9.17) is 0 Å². The number of aryl methyl sites for hydroxylation is 3. The van der Waals surface area contributed by atoms with Crippen molar-refractivity contribution in [1.29, 1.82) is 0 Å². The first kappa shape index (κ1) is 19.1. The quantitative estimate of drug-likeness (QED) is 0.562. The van der Waals surface area contributed by atoms with Gasteiger partial charge >= 0.3 is 0 Å². The van der Waals surface area contributed by atoms with Crippen LogP contribution >= 0.6 is 11.3 Å². The lowest BCUT2D eigenvalue weighted by Gasteiger charge is -2.07. The highest BCUT2D eigenvalue weighted by Crippen LogP contribution is 2.31. The molecule has 0 unspecified atom stereocenters. The Kier molecular flexibility index (Phi) is 4.58. The average molecular weight is 407 g/mol. The van der Waals surface area contributed by atoms with Crippen LogP contribution in [0.1, 0.15) is 32.4 Å². The molecule has 1 amide bonds. The summed E-state index contributed by atoms with van der Waals surface area (Å²) < 4.78 is 3.28. The predicted octanol–water partition coefficient (Wildman–Crippen LogP) is 3.67. The monoisotopic (exact) mass is 407 g/mol. The Morgan fingerprint density at radius 1 is 1.07 bits per heavy atom. The lowest BCUT2D eigenvalue weighted by Crippen LogP contribution is -2.22. The second kappa shape index (κ2) is 6.97. The third kappa shape index (κ3) is 3.05. The van der Waals surface area contributed by atoms with Crippen LogP contribution in [0.15, 0.2) is 35.1 Å². The van der Waals surface area contributed by atoms with Crippen molar-refractivity contribution in [2.75, 3.05) is 5.32 Å². The molecule has 0 bridgehead atoms. The molecule has 0 fully saturated rings. The number of carbonyl (C=O) groups is 1.